The maximum Gasteiger partial charge on any atom is 0.265 e. The van der Waals surface area contributed by atoms with E-state index in [1.54, 1.807) is 37.3 Å². The molecule has 27 heavy (non-hydrogen) atoms. The van der Waals surface area contributed by atoms with Crippen LogP contribution < -0.4 is 15.4 Å². The Balaban J connectivity index is 1.60. The number of nitrogens with one attached hydrogen (secondary N) is 2. The van der Waals surface area contributed by atoms with E-state index in [-0.39, 0.29) is 11.8 Å². The Morgan fingerprint density at radius 2 is 1.67 bits per heavy atom. The molecule has 1 atom stereocenters. The second-order valence-corrected chi connectivity index (χ2v) is 7.02. The molecule has 3 rings (SSSR count). The first-order valence-corrected chi connectivity index (χ1v) is 9.38. The number of benzene rings is 2. The van der Waals surface area contributed by atoms with Gasteiger partial charge in [0, 0.05) is 11.4 Å². The van der Waals surface area contributed by atoms with Crippen LogP contribution in [-0.2, 0) is 4.79 Å². The molecule has 0 aliphatic heterocycles. The molecular formula is C21H20N2O3S. The van der Waals surface area contributed by atoms with Crippen molar-refractivity contribution in [3.63, 3.8) is 0 Å². The first-order chi connectivity index (χ1) is 13.0. The zero-order chi connectivity index (χ0) is 19.2. The van der Waals surface area contributed by atoms with E-state index in [9.17, 15) is 9.59 Å². The summed E-state index contributed by atoms with van der Waals surface area (Å²) in [6.07, 6.45) is -0.655. The summed E-state index contributed by atoms with van der Waals surface area (Å²) in [5, 5.41) is 7.48. The highest BCUT2D eigenvalue weighted by molar-refractivity contribution is 7.12. The van der Waals surface area contributed by atoms with Gasteiger partial charge in [0.1, 0.15) is 5.75 Å². The Hall–Kier alpha value is -3.12. The van der Waals surface area contributed by atoms with Gasteiger partial charge in [-0.15, -0.1) is 11.3 Å². The summed E-state index contributed by atoms with van der Waals surface area (Å²) in [5.74, 6) is 0.196. The van der Waals surface area contributed by atoms with Gasteiger partial charge in [-0.1, -0.05) is 29.8 Å². The number of hydrogen-bond acceptors (Lipinski definition) is 4. The Labute approximate surface area is 162 Å². The standard InChI is InChI=1S/C21H20N2O3S/c1-14-8-10-18(11-9-14)26-15(2)20(24)22-16-5-3-6-17(13-16)23-21(25)19-7-4-12-27-19/h3-13,15H,1-2H3,(H,22,24)(H,23,25). The van der Waals surface area contributed by atoms with Gasteiger partial charge in [0.2, 0.25) is 0 Å². The van der Waals surface area contributed by atoms with Crippen molar-refractivity contribution in [2.75, 3.05) is 10.6 Å². The van der Waals surface area contributed by atoms with Gasteiger partial charge >= 0.3 is 0 Å². The number of aryl methyl sites for hydroxylation is 1. The van der Waals surface area contributed by atoms with Crippen molar-refractivity contribution in [3.05, 3.63) is 76.5 Å². The molecule has 2 aromatic carbocycles. The lowest BCUT2D eigenvalue weighted by Crippen LogP contribution is -2.30. The number of anilines is 2. The van der Waals surface area contributed by atoms with Crippen LogP contribution in [0.25, 0.3) is 0 Å². The average Bonchev–Trinajstić information content (AvgIpc) is 3.19. The molecule has 138 valence electrons. The number of carbonyl (C=O) groups excluding carboxylic acids is 2. The van der Waals surface area contributed by atoms with Crippen LogP contribution in [0.5, 0.6) is 5.75 Å². The Kier molecular flexibility index (Phi) is 5.88. The molecule has 0 saturated heterocycles. The van der Waals surface area contributed by atoms with E-state index in [2.05, 4.69) is 10.6 Å². The van der Waals surface area contributed by atoms with Gasteiger partial charge in [-0.05, 0) is 55.6 Å². The smallest absolute Gasteiger partial charge is 0.265 e. The predicted molar refractivity (Wildman–Crippen MR) is 109 cm³/mol. The summed E-state index contributed by atoms with van der Waals surface area (Å²) in [6.45, 7) is 3.68. The molecule has 0 aliphatic rings. The highest BCUT2D eigenvalue weighted by Crippen LogP contribution is 2.19. The van der Waals surface area contributed by atoms with Gasteiger partial charge in [0.15, 0.2) is 6.10 Å². The highest BCUT2D eigenvalue weighted by atomic mass is 32.1. The summed E-state index contributed by atoms with van der Waals surface area (Å²) < 4.78 is 5.67. The van der Waals surface area contributed by atoms with Gasteiger partial charge in [0.05, 0.1) is 4.88 Å². The molecule has 0 bridgehead atoms. The quantitative estimate of drug-likeness (QED) is 0.650. The van der Waals surface area contributed by atoms with Crippen molar-refractivity contribution in [2.24, 2.45) is 0 Å². The fourth-order valence-corrected chi connectivity index (χ4v) is 3.01. The van der Waals surface area contributed by atoms with Gasteiger partial charge in [-0.2, -0.15) is 0 Å². The molecule has 1 unspecified atom stereocenters. The van der Waals surface area contributed by atoms with Crippen molar-refractivity contribution in [1.29, 1.82) is 0 Å². The lowest BCUT2D eigenvalue weighted by molar-refractivity contribution is -0.122. The lowest BCUT2D eigenvalue weighted by Gasteiger charge is -2.15. The third-order valence-electron chi connectivity index (χ3n) is 3.84. The van der Waals surface area contributed by atoms with Gasteiger partial charge in [0.25, 0.3) is 11.8 Å². The molecule has 0 aliphatic carbocycles. The zero-order valence-corrected chi connectivity index (χ0v) is 15.9. The van der Waals surface area contributed by atoms with Crippen molar-refractivity contribution >= 4 is 34.5 Å². The minimum absolute atomic E-state index is 0.176. The largest absolute Gasteiger partial charge is 0.481 e. The molecule has 1 aromatic heterocycles. The number of rotatable bonds is 6. The molecule has 1 heterocycles. The molecule has 0 fully saturated rings. The Morgan fingerprint density at radius 3 is 2.33 bits per heavy atom. The van der Waals surface area contributed by atoms with E-state index in [1.807, 2.05) is 42.6 Å². The van der Waals surface area contributed by atoms with Gasteiger partial charge in [-0.3, -0.25) is 9.59 Å². The third-order valence-corrected chi connectivity index (χ3v) is 4.70. The SMILES string of the molecule is Cc1ccc(OC(C)C(=O)Nc2cccc(NC(=O)c3cccs3)c2)cc1. The van der Waals surface area contributed by atoms with Crippen molar-refractivity contribution in [3.8, 4) is 5.75 Å². The van der Waals surface area contributed by atoms with Crippen LogP contribution in [0.1, 0.15) is 22.2 Å². The molecular weight excluding hydrogens is 360 g/mol. The maximum absolute atomic E-state index is 12.4. The Bertz CT molecular complexity index is 921. The van der Waals surface area contributed by atoms with E-state index in [0.717, 1.165) is 5.56 Å². The van der Waals surface area contributed by atoms with Crippen LogP contribution >= 0.6 is 11.3 Å². The lowest BCUT2D eigenvalue weighted by atomic mass is 10.2. The molecule has 0 saturated carbocycles. The van der Waals surface area contributed by atoms with Crippen molar-refractivity contribution in [1.82, 2.24) is 0 Å². The van der Waals surface area contributed by atoms with Gasteiger partial charge in [-0.25, -0.2) is 0 Å². The number of hydrogen-bond donors (Lipinski definition) is 2. The average molecular weight is 380 g/mol. The van der Waals surface area contributed by atoms with Crippen LogP contribution in [0.3, 0.4) is 0 Å². The minimum atomic E-state index is -0.655. The maximum atomic E-state index is 12.4. The minimum Gasteiger partial charge on any atom is -0.481 e. The number of ether oxygens (including phenoxy) is 1. The zero-order valence-electron chi connectivity index (χ0n) is 15.1. The normalized spacial score (nSPS) is 11.5. The molecule has 6 heteroatoms. The van der Waals surface area contributed by atoms with E-state index < -0.39 is 6.10 Å². The molecule has 2 N–H and O–H groups in total. The summed E-state index contributed by atoms with van der Waals surface area (Å²) in [5.41, 5.74) is 2.32. The van der Waals surface area contributed by atoms with E-state index in [4.69, 9.17) is 4.74 Å². The summed E-state index contributed by atoms with van der Waals surface area (Å²) in [4.78, 5) is 25.1. The molecule has 2 amide bonds. The summed E-state index contributed by atoms with van der Waals surface area (Å²) in [7, 11) is 0. The monoisotopic (exact) mass is 380 g/mol. The fourth-order valence-electron chi connectivity index (χ4n) is 2.39. The molecule has 3 aromatic rings. The Morgan fingerprint density at radius 1 is 0.963 bits per heavy atom. The highest BCUT2D eigenvalue weighted by Gasteiger charge is 2.15. The summed E-state index contributed by atoms with van der Waals surface area (Å²) >= 11 is 1.37. The molecule has 0 radical (unpaired) electrons. The number of thiophene rings is 1. The second-order valence-electron chi connectivity index (χ2n) is 6.07. The number of carbonyl (C=O) groups is 2. The predicted octanol–water partition coefficient (Wildman–Crippen LogP) is 4.71. The topological polar surface area (TPSA) is 67.4 Å². The van der Waals surface area contributed by atoms with E-state index in [0.29, 0.717) is 22.0 Å². The van der Waals surface area contributed by atoms with E-state index in [1.165, 1.54) is 11.3 Å². The van der Waals surface area contributed by atoms with Crippen LogP contribution in [0.4, 0.5) is 11.4 Å². The van der Waals surface area contributed by atoms with Gasteiger partial charge < -0.3 is 15.4 Å². The molecule has 0 spiro atoms. The van der Waals surface area contributed by atoms with Crippen molar-refractivity contribution in [2.45, 2.75) is 20.0 Å². The second kappa shape index (κ2) is 8.51. The van der Waals surface area contributed by atoms with Crippen LogP contribution in [0, 0.1) is 6.92 Å². The summed E-state index contributed by atoms with van der Waals surface area (Å²) in [6, 6.07) is 18.1. The van der Waals surface area contributed by atoms with Crippen LogP contribution in [0.15, 0.2) is 66.0 Å². The third kappa shape index (κ3) is 5.18. The van der Waals surface area contributed by atoms with E-state index >= 15 is 0 Å². The first kappa shape index (κ1) is 18.7. The first-order valence-electron chi connectivity index (χ1n) is 8.50. The van der Waals surface area contributed by atoms with Crippen LogP contribution in [-0.4, -0.2) is 17.9 Å². The number of amides is 2. The fraction of sp³-hybridized carbons (Fsp3) is 0.143. The van der Waals surface area contributed by atoms with Crippen molar-refractivity contribution < 1.29 is 14.3 Å². The van der Waals surface area contributed by atoms with Crippen LogP contribution in [0.2, 0.25) is 0 Å². The molecule has 5 nitrogen and oxygen atoms in total.